The number of hydrogen-bond donors (Lipinski definition) is 1. The van der Waals surface area contributed by atoms with Gasteiger partial charge in [0.1, 0.15) is 6.07 Å². The van der Waals surface area contributed by atoms with E-state index in [0.717, 1.165) is 18.7 Å². The molecule has 1 atom stereocenters. The van der Waals surface area contributed by atoms with E-state index in [1.807, 2.05) is 12.1 Å². The lowest BCUT2D eigenvalue weighted by molar-refractivity contribution is 0.348. The molecule has 0 aliphatic carbocycles. The molecule has 2 rings (SSSR count). The Kier molecular flexibility index (Phi) is 4.46. The van der Waals surface area contributed by atoms with Crippen molar-refractivity contribution >= 4 is 17.3 Å². The van der Waals surface area contributed by atoms with Crippen LogP contribution in [0.25, 0.3) is 0 Å². The Bertz CT molecular complexity index is 453. The maximum atomic E-state index is 8.96. The summed E-state index contributed by atoms with van der Waals surface area (Å²) < 4.78 is 0. The Morgan fingerprint density at radius 2 is 2.22 bits per heavy atom. The maximum absolute atomic E-state index is 8.96. The number of anilines is 1. The van der Waals surface area contributed by atoms with Gasteiger partial charge in [0.15, 0.2) is 0 Å². The van der Waals surface area contributed by atoms with Gasteiger partial charge in [-0.15, -0.1) is 0 Å². The van der Waals surface area contributed by atoms with Crippen molar-refractivity contribution in [2.24, 2.45) is 0 Å². The van der Waals surface area contributed by atoms with Gasteiger partial charge in [-0.3, -0.25) is 0 Å². The molecule has 18 heavy (non-hydrogen) atoms. The zero-order chi connectivity index (χ0) is 13.0. The van der Waals surface area contributed by atoms with Gasteiger partial charge in [0.2, 0.25) is 0 Å². The number of nitriles is 1. The predicted octanol–water partition coefficient (Wildman–Crippen LogP) is 3.11. The fourth-order valence-electron chi connectivity index (χ4n) is 2.32. The molecule has 1 heterocycles. The number of halogens is 1. The van der Waals surface area contributed by atoms with Crippen LogP contribution in [0.3, 0.4) is 0 Å². The second-order valence-corrected chi connectivity index (χ2v) is 5.29. The van der Waals surface area contributed by atoms with Crippen LogP contribution in [0.5, 0.6) is 0 Å². The summed E-state index contributed by atoms with van der Waals surface area (Å²) in [6.07, 6.45) is 3.53. The highest BCUT2D eigenvalue weighted by Crippen LogP contribution is 2.22. The van der Waals surface area contributed by atoms with Crippen molar-refractivity contribution < 1.29 is 0 Å². The van der Waals surface area contributed by atoms with Crippen LogP contribution in [-0.4, -0.2) is 31.1 Å². The third-order valence-corrected chi connectivity index (χ3v) is 3.74. The maximum Gasteiger partial charge on any atom is 0.101 e. The lowest BCUT2D eigenvalue weighted by atomic mass is 10.1. The minimum Gasteiger partial charge on any atom is -0.382 e. The first kappa shape index (κ1) is 13.2. The summed E-state index contributed by atoms with van der Waals surface area (Å²) in [5, 5.41) is 13.0. The van der Waals surface area contributed by atoms with Gasteiger partial charge in [-0.2, -0.15) is 5.26 Å². The SMILES string of the molecule is CN1CCCC(Nc2ccc(Cl)c(C#N)c2)CC1. The molecule has 0 radical (unpaired) electrons. The zero-order valence-corrected chi connectivity index (χ0v) is 11.4. The molecular formula is C14H18ClN3. The Labute approximate surface area is 113 Å². The van der Waals surface area contributed by atoms with Crippen molar-refractivity contribution in [3.8, 4) is 6.07 Å². The first-order valence-electron chi connectivity index (χ1n) is 6.34. The van der Waals surface area contributed by atoms with Crippen LogP contribution in [0.4, 0.5) is 5.69 Å². The molecule has 0 amide bonds. The Morgan fingerprint density at radius 1 is 1.39 bits per heavy atom. The number of likely N-dealkylation sites (tertiary alicyclic amines) is 1. The van der Waals surface area contributed by atoms with E-state index in [-0.39, 0.29) is 0 Å². The summed E-state index contributed by atoms with van der Waals surface area (Å²) >= 11 is 5.93. The third kappa shape index (κ3) is 3.38. The molecule has 0 aromatic heterocycles. The molecule has 1 aliphatic rings. The molecular weight excluding hydrogens is 246 g/mol. The Balaban J connectivity index is 2.03. The second-order valence-electron chi connectivity index (χ2n) is 4.88. The van der Waals surface area contributed by atoms with E-state index in [1.54, 1.807) is 6.07 Å². The number of rotatable bonds is 2. The summed E-state index contributed by atoms with van der Waals surface area (Å²) in [5.41, 5.74) is 1.53. The van der Waals surface area contributed by atoms with Crippen molar-refractivity contribution in [2.45, 2.75) is 25.3 Å². The van der Waals surface area contributed by atoms with Gasteiger partial charge in [-0.1, -0.05) is 11.6 Å². The van der Waals surface area contributed by atoms with Gasteiger partial charge in [0.25, 0.3) is 0 Å². The largest absolute Gasteiger partial charge is 0.382 e. The molecule has 1 N–H and O–H groups in total. The summed E-state index contributed by atoms with van der Waals surface area (Å²) in [6, 6.07) is 8.16. The van der Waals surface area contributed by atoms with E-state index in [9.17, 15) is 0 Å². The molecule has 96 valence electrons. The smallest absolute Gasteiger partial charge is 0.101 e. The van der Waals surface area contributed by atoms with Gasteiger partial charge in [0, 0.05) is 11.7 Å². The third-order valence-electron chi connectivity index (χ3n) is 3.41. The molecule has 1 aromatic carbocycles. The zero-order valence-electron chi connectivity index (χ0n) is 10.6. The monoisotopic (exact) mass is 263 g/mol. The van der Waals surface area contributed by atoms with E-state index in [0.29, 0.717) is 16.6 Å². The molecule has 0 bridgehead atoms. The molecule has 4 heteroatoms. The average molecular weight is 264 g/mol. The number of hydrogen-bond acceptors (Lipinski definition) is 3. The van der Waals surface area contributed by atoms with Crippen LogP contribution in [0, 0.1) is 11.3 Å². The number of benzene rings is 1. The first-order chi connectivity index (χ1) is 8.69. The quantitative estimate of drug-likeness (QED) is 0.891. The summed E-state index contributed by atoms with van der Waals surface area (Å²) in [6.45, 7) is 2.29. The molecule has 3 nitrogen and oxygen atoms in total. The van der Waals surface area contributed by atoms with Gasteiger partial charge in [0.05, 0.1) is 10.6 Å². The van der Waals surface area contributed by atoms with E-state index >= 15 is 0 Å². The molecule has 1 aromatic rings. The predicted molar refractivity (Wildman–Crippen MR) is 74.9 cm³/mol. The van der Waals surface area contributed by atoms with Crippen LogP contribution in [0.15, 0.2) is 18.2 Å². The van der Waals surface area contributed by atoms with Crippen molar-refractivity contribution in [2.75, 3.05) is 25.5 Å². The van der Waals surface area contributed by atoms with Gasteiger partial charge < -0.3 is 10.2 Å². The molecule has 1 saturated heterocycles. The Hall–Kier alpha value is -1.24. The molecule has 0 spiro atoms. The van der Waals surface area contributed by atoms with Crippen molar-refractivity contribution in [1.29, 1.82) is 5.26 Å². The summed E-state index contributed by atoms with van der Waals surface area (Å²) in [5.74, 6) is 0. The molecule has 1 unspecified atom stereocenters. The highest BCUT2D eigenvalue weighted by Gasteiger charge is 2.14. The van der Waals surface area contributed by atoms with Crippen LogP contribution in [0.1, 0.15) is 24.8 Å². The minimum absolute atomic E-state index is 0.489. The van der Waals surface area contributed by atoms with Crippen LogP contribution in [-0.2, 0) is 0 Å². The molecule has 0 saturated carbocycles. The fourth-order valence-corrected chi connectivity index (χ4v) is 2.48. The van der Waals surface area contributed by atoms with Gasteiger partial charge >= 0.3 is 0 Å². The highest BCUT2D eigenvalue weighted by molar-refractivity contribution is 6.31. The van der Waals surface area contributed by atoms with E-state index in [2.05, 4.69) is 23.3 Å². The molecule has 1 fully saturated rings. The summed E-state index contributed by atoms with van der Waals surface area (Å²) in [7, 11) is 2.17. The fraction of sp³-hybridized carbons (Fsp3) is 0.500. The van der Waals surface area contributed by atoms with Crippen LogP contribution in [0.2, 0.25) is 5.02 Å². The standard InChI is InChI=1S/C14H18ClN3/c1-18-7-2-3-12(6-8-18)17-13-4-5-14(15)11(9-13)10-16/h4-5,9,12,17H,2-3,6-8H2,1H3. The topological polar surface area (TPSA) is 39.1 Å². The lowest BCUT2D eigenvalue weighted by Crippen LogP contribution is -2.23. The molecule has 1 aliphatic heterocycles. The lowest BCUT2D eigenvalue weighted by Gasteiger charge is -2.18. The second kappa shape index (κ2) is 6.08. The van der Waals surface area contributed by atoms with Crippen LogP contribution < -0.4 is 5.32 Å². The van der Waals surface area contributed by atoms with E-state index in [4.69, 9.17) is 16.9 Å². The van der Waals surface area contributed by atoms with Crippen molar-refractivity contribution in [3.63, 3.8) is 0 Å². The van der Waals surface area contributed by atoms with E-state index < -0.39 is 0 Å². The number of nitrogens with zero attached hydrogens (tertiary/aromatic N) is 2. The van der Waals surface area contributed by atoms with Crippen molar-refractivity contribution in [3.05, 3.63) is 28.8 Å². The average Bonchev–Trinajstić information content (AvgIpc) is 2.57. The number of nitrogens with one attached hydrogen (secondary N) is 1. The summed E-state index contributed by atoms with van der Waals surface area (Å²) in [4.78, 5) is 2.37. The first-order valence-corrected chi connectivity index (χ1v) is 6.71. The Morgan fingerprint density at radius 3 is 3.00 bits per heavy atom. The van der Waals surface area contributed by atoms with Crippen molar-refractivity contribution in [1.82, 2.24) is 4.90 Å². The van der Waals surface area contributed by atoms with Gasteiger partial charge in [-0.05, 0) is 57.6 Å². The van der Waals surface area contributed by atoms with Crippen LogP contribution >= 0.6 is 11.6 Å². The highest BCUT2D eigenvalue weighted by atomic mass is 35.5. The normalized spacial score (nSPS) is 21.1. The minimum atomic E-state index is 0.489. The van der Waals surface area contributed by atoms with E-state index in [1.165, 1.54) is 19.4 Å². The van der Waals surface area contributed by atoms with Gasteiger partial charge in [-0.25, -0.2) is 0 Å².